The van der Waals surface area contributed by atoms with Crippen LogP contribution in [-0.4, -0.2) is 41.4 Å². The monoisotopic (exact) mass is 317 g/mol. The Bertz CT molecular complexity index is 529. The second kappa shape index (κ2) is 7.59. The summed E-state index contributed by atoms with van der Waals surface area (Å²) in [6, 6.07) is 10.5. The van der Waals surface area contributed by atoms with Crippen LogP contribution in [0.25, 0.3) is 0 Å². The summed E-state index contributed by atoms with van der Waals surface area (Å²) in [7, 11) is 0. The number of carbonyl (C=O) groups excluding carboxylic acids is 2. The van der Waals surface area contributed by atoms with Gasteiger partial charge < -0.3 is 10.6 Å². The molecule has 1 aliphatic rings. The zero-order chi connectivity index (χ0) is 16.9. The van der Waals surface area contributed by atoms with Crippen LogP contribution in [0.4, 0.5) is 0 Å². The lowest BCUT2D eigenvalue weighted by Crippen LogP contribution is -2.52. The molecule has 2 amide bonds. The standard InChI is InChI=1S/C18H27N3O2/c1-18(2,3)20-17(23)16(22)19-15-9-11-21(12-10-15)13-14-7-5-4-6-8-14/h4-8,15H,9-13H2,1-3H3,(H,19,22)(H,20,23). The fourth-order valence-electron chi connectivity index (χ4n) is 2.73. The summed E-state index contributed by atoms with van der Waals surface area (Å²) < 4.78 is 0. The van der Waals surface area contributed by atoms with Gasteiger partial charge in [0.25, 0.3) is 0 Å². The van der Waals surface area contributed by atoms with Gasteiger partial charge in [0, 0.05) is 31.2 Å². The lowest BCUT2D eigenvalue weighted by Gasteiger charge is -2.32. The Hall–Kier alpha value is -1.88. The minimum atomic E-state index is -0.552. The third-order valence-corrected chi connectivity index (χ3v) is 3.87. The van der Waals surface area contributed by atoms with Crippen molar-refractivity contribution in [3.8, 4) is 0 Å². The van der Waals surface area contributed by atoms with E-state index in [-0.39, 0.29) is 6.04 Å². The molecular weight excluding hydrogens is 290 g/mol. The van der Waals surface area contributed by atoms with Gasteiger partial charge in [0.15, 0.2) is 0 Å². The summed E-state index contributed by atoms with van der Waals surface area (Å²) in [6.07, 6.45) is 1.75. The molecule has 126 valence electrons. The minimum Gasteiger partial charge on any atom is -0.345 e. The largest absolute Gasteiger partial charge is 0.345 e. The van der Waals surface area contributed by atoms with Crippen LogP contribution in [0, 0.1) is 0 Å². The number of nitrogens with one attached hydrogen (secondary N) is 2. The SMILES string of the molecule is CC(C)(C)NC(=O)C(=O)NC1CCN(Cc2ccccc2)CC1. The van der Waals surface area contributed by atoms with E-state index >= 15 is 0 Å². The van der Waals surface area contributed by atoms with Gasteiger partial charge in [0.2, 0.25) is 0 Å². The van der Waals surface area contributed by atoms with Crippen molar-refractivity contribution in [3.63, 3.8) is 0 Å². The third kappa shape index (κ3) is 6.02. The highest BCUT2D eigenvalue weighted by Gasteiger charge is 2.25. The smallest absolute Gasteiger partial charge is 0.309 e. The Morgan fingerprint density at radius 1 is 1.09 bits per heavy atom. The van der Waals surface area contributed by atoms with Gasteiger partial charge in [-0.2, -0.15) is 0 Å². The molecule has 1 fully saturated rings. The van der Waals surface area contributed by atoms with Crippen molar-refractivity contribution in [2.45, 2.75) is 51.7 Å². The number of likely N-dealkylation sites (tertiary alicyclic amines) is 1. The number of hydrogen-bond donors (Lipinski definition) is 2. The number of carbonyl (C=O) groups is 2. The summed E-state index contributed by atoms with van der Waals surface area (Å²) in [5.41, 5.74) is 0.910. The highest BCUT2D eigenvalue weighted by atomic mass is 16.2. The predicted octanol–water partition coefficient (Wildman–Crippen LogP) is 1.68. The van der Waals surface area contributed by atoms with E-state index in [9.17, 15) is 9.59 Å². The van der Waals surface area contributed by atoms with E-state index in [1.54, 1.807) is 0 Å². The molecule has 1 aliphatic heterocycles. The van der Waals surface area contributed by atoms with Crippen LogP contribution < -0.4 is 10.6 Å². The molecule has 2 rings (SSSR count). The average molecular weight is 317 g/mol. The van der Waals surface area contributed by atoms with Crippen molar-refractivity contribution in [3.05, 3.63) is 35.9 Å². The molecule has 23 heavy (non-hydrogen) atoms. The lowest BCUT2D eigenvalue weighted by molar-refractivity contribution is -0.140. The van der Waals surface area contributed by atoms with Crippen LogP contribution in [0.3, 0.4) is 0 Å². The van der Waals surface area contributed by atoms with Crippen LogP contribution in [-0.2, 0) is 16.1 Å². The average Bonchev–Trinajstić information content (AvgIpc) is 2.48. The van der Waals surface area contributed by atoms with Gasteiger partial charge in [-0.3, -0.25) is 14.5 Å². The molecule has 0 aliphatic carbocycles. The number of rotatable bonds is 3. The molecule has 0 unspecified atom stereocenters. The van der Waals surface area contributed by atoms with Gasteiger partial charge in [-0.25, -0.2) is 0 Å². The molecule has 0 atom stereocenters. The van der Waals surface area contributed by atoms with E-state index < -0.39 is 17.4 Å². The quantitative estimate of drug-likeness (QED) is 0.834. The van der Waals surface area contributed by atoms with Crippen LogP contribution in [0.2, 0.25) is 0 Å². The Morgan fingerprint density at radius 2 is 1.70 bits per heavy atom. The number of nitrogens with zero attached hydrogens (tertiary/aromatic N) is 1. The first-order chi connectivity index (χ1) is 10.8. The number of piperidine rings is 1. The maximum absolute atomic E-state index is 11.9. The summed E-state index contributed by atoms with van der Waals surface area (Å²) in [6.45, 7) is 8.38. The highest BCUT2D eigenvalue weighted by Crippen LogP contribution is 2.13. The van der Waals surface area contributed by atoms with Crippen molar-refractivity contribution in [2.75, 3.05) is 13.1 Å². The molecule has 1 aromatic carbocycles. The highest BCUT2D eigenvalue weighted by molar-refractivity contribution is 6.35. The van der Waals surface area contributed by atoms with Crippen LogP contribution in [0.15, 0.2) is 30.3 Å². The van der Waals surface area contributed by atoms with Crippen molar-refractivity contribution in [2.24, 2.45) is 0 Å². The molecule has 5 nitrogen and oxygen atoms in total. The molecule has 0 saturated carbocycles. The van der Waals surface area contributed by atoms with Crippen molar-refractivity contribution in [1.29, 1.82) is 0 Å². The molecule has 0 bridgehead atoms. The van der Waals surface area contributed by atoms with Crippen molar-refractivity contribution >= 4 is 11.8 Å². The maximum atomic E-state index is 11.9. The molecule has 1 saturated heterocycles. The zero-order valence-electron chi connectivity index (χ0n) is 14.3. The first-order valence-corrected chi connectivity index (χ1v) is 8.23. The van der Waals surface area contributed by atoms with E-state index in [2.05, 4.69) is 39.8 Å². The summed E-state index contributed by atoms with van der Waals surface area (Å²) in [5.74, 6) is -1.08. The number of amides is 2. The molecule has 2 N–H and O–H groups in total. The molecule has 0 spiro atoms. The summed E-state index contributed by atoms with van der Waals surface area (Å²) in [4.78, 5) is 26.1. The molecule has 1 aromatic rings. The number of hydrogen-bond acceptors (Lipinski definition) is 3. The Morgan fingerprint density at radius 3 is 2.26 bits per heavy atom. The van der Waals surface area contributed by atoms with Crippen LogP contribution in [0.1, 0.15) is 39.2 Å². The molecule has 0 aromatic heterocycles. The Kier molecular flexibility index (Phi) is 5.77. The van der Waals surface area contributed by atoms with E-state index in [1.807, 2.05) is 26.8 Å². The van der Waals surface area contributed by atoms with Crippen molar-refractivity contribution < 1.29 is 9.59 Å². The maximum Gasteiger partial charge on any atom is 0.309 e. The van der Waals surface area contributed by atoms with Gasteiger partial charge in [0.1, 0.15) is 0 Å². The van der Waals surface area contributed by atoms with Gasteiger partial charge >= 0.3 is 11.8 Å². The van der Waals surface area contributed by atoms with Gasteiger partial charge in [-0.05, 0) is 39.2 Å². The van der Waals surface area contributed by atoms with E-state index in [0.29, 0.717) is 0 Å². The number of benzene rings is 1. The van der Waals surface area contributed by atoms with Crippen LogP contribution >= 0.6 is 0 Å². The first kappa shape index (κ1) is 17.5. The fourth-order valence-corrected chi connectivity index (χ4v) is 2.73. The van der Waals surface area contributed by atoms with E-state index in [4.69, 9.17) is 0 Å². The third-order valence-electron chi connectivity index (χ3n) is 3.87. The minimum absolute atomic E-state index is 0.0836. The Labute approximate surface area is 138 Å². The van der Waals surface area contributed by atoms with E-state index in [0.717, 1.165) is 32.5 Å². The Balaban J connectivity index is 1.74. The van der Waals surface area contributed by atoms with Gasteiger partial charge in [0.05, 0.1) is 0 Å². The van der Waals surface area contributed by atoms with Gasteiger partial charge in [-0.1, -0.05) is 30.3 Å². The van der Waals surface area contributed by atoms with Crippen molar-refractivity contribution in [1.82, 2.24) is 15.5 Å². The molecular formula is C18H27N3O2. The summed E-state index contributed by atoms with van der Waals surface area (Å²) in [5, 5.41) is 5.54. The molecule has 1 heterocycles. The first-order valence-electron chi connectivity index (χ1n) is 8.23. The summed E-state index contributed by atoms with van der Waals surface area (Å²) >= 11 is 0. The molecule has 5 heteroatoms. The molecule has 0 radical (unpaired) electrons. The van der Waals surface area contributed by atoms with Gasteiger partial charge in [-0.15, -0.1) is 0 Å². The second-order valence-electron chi connectivity index (χ2n) is 7.21. The normalized spacial score (nSPS) is 16.8. The lowest BCUT2D eigenvalue weighted by atomic mass is 10.0. The predicted molar refractivity (Wildman–Crippen MR) is 90.8 cm³/mol. The van der Waals surface area contributed by atoms with Crippen LogP contribution in [0.5, 0.6) is 0 Å². The zero-order valence-corrected chi connectivity index (χ0v) is 14.3. The fraction of sp³-hybridized carbons (Fsp3) is 0.556. The topological polar surface area (TPSA) is 61.4 Å². The second-order valence-corrected chi connectivity index (χ2v) is 7.21. The van der Waals surface area contributed by atoms with E-state index in [1.165, 1.54) is 5.56 Å².